The van der Waals surface area contributed by atoms with Crippen LogP contribution in [-0.4, -0.2) is 169 Å². The molecule has 0 amide bonds. The monoisotopic (exact) mass is 1840 g/mol. The zero-order chi connectivity index (χ0) is 95.7. The number of aromatic hydroxyl groups is 2. The number of ether oxygens (including phenoxy) is 5. The Bertz CT molecular complexity index is 6850. The molecule has 0 saturated heterocycles. The lowest BCUT2D eigenvalue weighted by Gasteiger charge is -2.34. The van der Waals surface area contributed by atoms with E-state index in [0.717, 1.165) is 61.5 Å². The van der Waals surface area contributed by atoms with Gasteiger partial charge in [-0.05, 0) is 205 Å². The highest BCUT2D eigenvalue weighted by molar-refractivity contribution is 7.99. The molecule has 36 heteroatoms. The van der Waals surface area contributed by atoms with Gasteiger partial charge in [0.25, 0.3) is 5.56 Å². The van der Waals surface area contributed by atoms with Crippen molar-refractivity contribution in [2.45, 2.75) is 111 Å². The minimum atomic E-state index is -4.49. The number of nitrogens with zero attached hydrogens (tertiary/aromatic N) is 13. The number of aromatic nitrogens is 9. The van der Waals surface area contributed by atoms with Gasteiger partial charge in [-0.15, -0.1) is 10.2 Å². The number of alkyl halides is 3. The fourth-order valence-corrected chi connectivity index (χ4v) is 16.7. The third-order valence-corrected chi connectivity index (χ3v) is 23.9. The maximum absolute atomic E-state index is 14.2. The van der Waals surface area contributed by atoms with Gasteiger partial charge in [-0.1, -0.05) is 80.2 Å². The molecule has 132 heavy (non-hydrogen) atoms. The van der Waals surface area contributed by atoms with E-state index in [1.54, 1.807) is 131 Å². The lowest BCUT2D eigenvalue weighted by Crippen LogP contribution is -2.36. The van der Waals surface area contributed by atoms with Crippen molar-refractivity contribution < 1.29 is 79.4 Å². The van der Waals surface area contributed by atoms with Gasteiger partial charge in [0.15, 0.2) is 45.7 Å². The number of halogens is 4. The maximum Gasteiger partial charge on any atom is 0.410 e. The number of carbonyl (C=O) groups is 3. The molecule has 0 bridgehead atoms. The van der Waals surface area contributed by atoms with E-state index in [9.17, 15) is 60.5 Å². The topological polar surface area (TPSA) is 389 Å². The number of thioether (sulfide) groups is 1. The molecular formula is C96H98F4N16O14S2. The summed E-state index contributed by atoms with van der Waals surface area (Å²) in [6.45, 7) is 20.3. The van der Waals surface area contributed by atoms with E-state index in [1.165, 1.54) is 50.9 Å². The average Bonchev–Trinajstić information content (AvgIpc) is 1.56. The van der Waals surface area contributed by atoms with Gasteiger partial charge in [0.2, 0.25) is 10.0 Å². The summed E-state index contributed by atoms with van der Waals surface area (Å²) in [5.74, 6) is 2.04. The number of benzene rings is 7. The molecule has 30 nitrogen and oxygen atoms in total. The number of esters is 1. The number of aromatic amines is 1. The molecule has 8 heterocycles. The number of aryl methyl sites for hydroxylation is 6. The van der Waals surface area contributed by atoms with Crippen LogP contribution in [0.1, 0.15) is 123 Å². The number of aliphatic imine (C=N–C) groups is 2. The Kier molecular flexibility index (Phi) is 31.9. The van der Waals surface area contributed by atoms with Crippen molar-refractivity contribution in [3.05, 3.63) is 277 Å². The number of phenolic OH excluding ortho intramolecular Hbond substituents is 2. The summed E-state index contributed by atoms with van der Waals surface area (Å²) in [6.07, 6.45) is -0.281. The number of aliphatic hydroxyl groups is 1. The number of para-hydroxylation sites is 1. The van der Waals surface area contributed by atoms with Gasteiger partial charge in [0.1, 0.15) is 68.7 Å². The summed E-state index contributed by atoms with van der Waals surface area (Å²) in [5.41, 5.74) is 12.9. The molecule has 2 aliphatic heterocycles. The highest BCUT2D eigenvalue weighted by Gasteiger charge is 2.47. The number of aliphatic hydroxyl groups excluding tert-OH is 1. The highest BCUT2D eigenvalue weighted by atomic mass is 32.2. The maximum atomic E-state index is 14.2. The summed E-state index contributed by atoms with van der Waals surface area (Å²) >= 11 is 1.16. The van der Waals surface area contributed by atoms with Crippen molar-refractivity contribution in [1.29, 1.82) is 0 Å². The highest BCUT2D eigenvalue weighted by Crippen LogP contribution is 2.46. The number of fused-ring (bicyclic) bond motifs is 3. The number of nitrogens with one attached hydrogen (secondary N) is 3. The Morgan fingerprint density at radius 3 is 2.06 bits per heavy atom. The van der Waals surface area contributed by atoms with Crippen LogP contribution in [0.4, 0.5) is 46.3 Å². The molecule has 2 unspecified atom stereocenters. The number of Topliss-reactive ketones (excluding diaryl/α,β-unsaturated/α-hetero) is 2. The van der Waals surface area contributed by atoms with Gasteiger partial charge >= 0.3 is 12.1 Å². The lowest BCUT2D eigenvalue weighted by molar-refractivity contribution is -0.173. The molecular weight excluding hydrogens is 1740 g/mol. The summed E-state index contributed by atoms with van der Waals surface area (Å²) in [5, 5.41) is 50.2. The van der Waals surface area contributed by atoms with Crippen molar-refractivity contribution in [2.75, 3.05) is 72.1 Å². The number of hydrogen-bond acceptors (Lipinski definition) is 27. The molecule has 6 aromatic heterocycles. The number of carbonyl (C=O) groups excluding carboxylic acids is 3. The first kappa shape index (κ1) is 97.8. The van der Waals surface area contributed by atoms with Gasteiger partial charge in [0.05, 0.1) is 104 Å². The number of phenols is 2. The van der Waals surface area contributed by atoms with Crippen LogP contribution in [0, 0.1) is 54.3 Å². The predicted molar refractivity (Wildman–Crippen MR) is 501 cm³/mol. The Hall–Kier alpha value is -14.8. The van der Waals surface area contributed by atoms with Crippen LogP contribution in [0.15, 0.2) is 228 Å². The molecule has 7 aromatic carbocycles. The van der Waals surface area contributed by atoms with Crippen LogP contribution in [0.3, 0.4) is 0 Å². The molecule has 0 fully saturated rings. The molecule has 0 radical (unpaired) electrons. The normalized spacial score (nSPS) is 13.8. The zero-order valence-electron chi connectivity index (χ0n) is 75.4. The van der Waals surface area contributed by atoms with E-state index in [4.69, 9.17) is 18.9 Å². The van der Waals surface area contributed by atoms with Crippen LogP contribution >= 0.6 is 11.8 Å². The smallest absolute Gasteiger partial charge is 0.410 e. The quantitative estimate of drug-likeness (QED) is 0.00659. The molecule has 15 rings (SSSR count). The van der Waals surface area contributed by atoms with Crippen molar-refractivity contribution in [3.63, 3.8) is 0 Å². The van der Waals surface area contributed by atoms with Crippen LogP contribution < -0.4 is 35.1 Å². The standard InChI is InChI=1S/C22H26N4O3S.C20H19FN2O3.C19H18N4O2.C18H17N3O3S.C17H18F3N3O3/c1-5-26(6-2)30(27,28)18-12-13-21(29-4)20(14-18)25-22-15-19(23-16(3)24-22)17-10-8-7-9-11-17;1-11-9-14(13(3)23(11)17-8-6-5-7-15(17)21)10-16-19(24)18(12(2)22-16)20(25)26-4;1-12-4-9-18(25-3)16(10-12)23-22-15-7-8-17(24)19-14(15)6-5-13(21-19)11-20-2;1-9-7-12(4-5-13(9)22)14(23)8-25-18-20-16-15(17(24)21-18)10(2)6-11(3)19-16;1-9(24)11-8-21-23-15(17(18,19)20)7-12(22-16(11)23)10-4-5-13(25-2)14(6-10)26-3/h7-15H,5-6H2,1-4H3,(H,23,24,25);5-10,24H,1-4H3;4-11,24H,1-3H3;4-7,22H,8H2,1-3H3,(H,19,20,21,24);4-6,8,12,15,22H,7H2,1-3H3/b;16-10+;;;. The van der Waals surface area contributed by atoms with Crippen LogP contribution in [0.2, 0.25) is 0 Å². The Balaban J connectivity index is 0.000000159. The number of methoxy groups -OCH3 is 5. The third kappa shape index (κ3) is 22.9. The third-order valence-electron chi connectivity index (χ3n) is 21.0. The van der Waals surface area contributed by atoms with Crippen molar-refractivity contribution in [2.24, 2.45) is 20.2 Å². The Morgan fingerprint density at radius 2 is 1.39 bits per heavy atom. The fourth-order valence-electron chi connectivity index (χ4n) is 14.5. The molecule has 0 spiro atoms. The Labute approximate surface area is 763 Å². The van der Waals surface area contributed by atoms with E-state index in [2.05, 4.69) is 70.6 Å². The summed E-state index contributed by atoms with van der Waals surface area (Å²) in [4.78, 5) is 81.2. The summed E-state index contributed by atoms with van der Waals surface area (Å²) < 4.78 is 111. The number of H-pyrrole nitrogens is 1. The molecule has 13 aromatic rings. The lowest BCUT2D eigenvalue weighted by atomic mass is 9.96. The second-order valence-corrected chi connectivity index (χ2v) is 33.0. The van der Waals surface area contributed by atoms with Gasteiger partial charge in [0, 0.05) is 72.4 Å². The van der Waals surface area contributed by atoms with Crippen molar-refractivity contribution in [1.82, 2.24) is 48.6 Å². The molecule has 6 N–H and O–H groups in total. The molecule has 2 aliphatic rings. The van der Waals surface area contributed by atoms with Crippen LogP contribution in [-0.2, 0) is 19.6 Å². The second kappa shape index (κ2) is 43.1. The Morgan fingerprint density at radius 1 is 0.712 bits per heavy atom. The first-order chi connectivity index (χ1) is 62.9. The predicted octanol–water partition coefficient (Wildman–Crippen LogP) is 19.7. The SMILES string of the molecule is CCN(CC)S(=O)(=O)c1ccc(OC)c(Nc2cc(-c3ccccc3)nc(C)n2)c1.CN=Cc1ccc2c(N=Nc3cc(C)ccc3OC)ccc(O)c2n1.COC(=O)C1=C(O)/C(=C\c2cc(C)n(-c3ccccc3F)c2C)N=C1C.COc1ccc(C2CC(C(F)(F)F)n3ncc(C(C)=O)c3N2)cc1OC.Cc1cc(C)c2c(=O)[nH]c(SCC(=O)c3ccc(O)c(C)c3)nc2n1. The van der Waals surface area contributed by atoms with Crippen molar-refractivity contribution >= 4 is 108 Å². The first-order valence-corrected chi connectivity index (χ1v) is 43.6. The number of sulfonamides is 1. The summed E-state index contributed by atoms with van der Waals surface area (Å²) in [6, 6.07) is 46.5. The van der Waals surface area contributed by atoms with E-state index in [1.807, 2.05) is 134 Å². The molecule has 0 saturated carbocycles. The molecule has 686 valence electrons. The summed E-state index contributed by atoms with van der Waals surface area (Å²) in [7, 11) is 5.40. The largest absolute Gasteiger partial charge is 0.508 e. The minimum absolute atomic E-state index is 0.0571. The van der Waals surface area contributed by atoms with Gasteiger partial charge in [-0.25, -0.2) is 52.2 Å². The average molecular weight is 1840 g/mol. The molecule has 0 aliphatic carbocycles. The zero-order valence-corrected chi connectivity index (χ0v) is 77.0. The number of anilines is 3. The van der Waals surface area contributed by atoms with Gasteiger partial charge < -0.3 is 59.2 Å². The number of azo groups is 1. The van der Waals surface area contributed by atoms with Crippen LogP contribution in [0.5, 0.6) is 34.5 Å². The number of pyridine rings is 2. The van der Waals surface area contributed by atoms with Gasteiger partial charge in [-0.3, -0.25) is 19.4 Å². The van der Waals surface area contributed by atoms with Gasteiger partial charge in [-0.2, -0.15) is 22.6 Å². The van der Waals surface area contributed by atoms with Crippen molar-refractivity contribution in [3.8, 4) is 51.4 Å². The number of hydrogen-bond donors (Lipinski definition) is 6. The second-order valence-electron chi connectivity index (χ2n) is 30.1. The first-order valence-electron chi connectivity index (χ1n) is 41.1. The minimum Gasteiger partial charge on any atom is -0.508 e. The molecule has 2 atom stereocenters. The van der Waals surface area contributed by atoms with E-state index in [-0.39, 0.29) is 79.9 Å². The van der Waals surface area contributed by atoms with E-state index in [0.29, 0.717) is 126 Å². The number of ketones is 2. The van der Waals surface area contributed by atoms with Crippen LogP contribution in [0.25, 0.3) is 45.0 Å². The van der Waals surface area contributed by atoms with E-state index < -0.39 is 34.3 Å². The fraction of sp³-hybridized carbons (Fsp3) is 0.250. The van der Waals surface area contributed by atoms with E-state index >= 15 is 0 Å². The number of rotatable bonds is 23.